The summed E-state index contributed by atoms with van der Waals surface area (Å²) in [5.74, 6) is 0.755. The molecule has 1 aromatic carbocycles. The summed E-state index contributed by atoms with van der Waals surface area (Å²) in [7, 11) is 0. The van der Waals surface area contributed by atoms with Crippen molar-refractivity contribution in [1.82, 2.24) is 0 Å². The number of rotatable bonds is 1. The largest absolute Gasteiger partial charge is 0.488 e. The SMILES string of the molecule is Cc1ccc(/C=C2\COc3ccccc3C2=O)s1. The van der Waals surface area contributed by atoms with Crippen LogP contribution in [0.15, 0.2) is 42.0 Å². The van der Waals surface area contributed by atoms with E-state index in [0.29, 0.717) is 17.9 Å². The number of benzene rings is 1. The molecule has 0 fully saturated rings. The number of aryl methyl sites for hydroxylation is 1. The number of Topliss-reactive ketones (excluding diaryl/α,β-unsaturated/α-hetero) is 1. The summed E-state index contributed by atoms with van der Waals surface area (Å²) in [6.07, 6.45) is 1.93. The number of carbonyl (C=O) groups excluding carboxylic acids is 1. The Kier molecular flexibility index (Phi) is 2.76. The van der Waals surface area contributed by atoms with Crippen LogP contribution in [0.1, 0.15) is 20.1 Å². The van der Waals surface area contributed by atoms with Crippen molar-refractivity contribution >= 4 is 23.2 Å². The molecule has 2 aromatic rings. The summed E-state index contributed by atoms with van der Waals surface area (Å²) < 4.78 is 5.60. The van der Waals surface area contributed by atoms with Crippen molar-refractivity contribution in [1.29, 1.82) is 0 Å². The Bertz CT molecular complexity index is 637. The van der Waals surface area contributed by atoms with Crippen LogP contribution in [0, 0.1) is 6.92 Å². The van der Waals surface area contributed by atoms with Gasteiger partial charge in [-0.15, -0.1) is 11.3 Å². The molecule has 1 aromatic heterocycles. The third kappa shape index (κ3) is 1.97. The minimum absolute atomic E-state index is 0.0721. The molecule has 0 N–H and O–H groups in total. The second-order valence-corrected chi connectivity index (χ2v) is 5.55. The third-order valence-electron chi connectivity index (χ3n) is 2.88. The van der Waals surface area contributed by atoms with Crippen molar-refractivity contribution in [2.45, 2.75) is 6.92 Å². The summed E-state index contributed by atoms with van der Waals surface area (Å²) in [4.78, 5) is 14.6. The van der Waals surface area contributed by atoms with Gasteiger partial charge in [-0.3, -0.25) is 4.79 Å². The van der Waals surface area contributed by atoms with E-state index in [1.807, 2.05) is 36.4 Å². The molecule has 0 saturated carbocycles. The van der Waals surface area contributed by atoms with Crippen molar-refractivity contribution in [3.63, 3.8) is 0 Å². The minimum Gasteiger partial charge on any atom is -0.488 e. The number of ketones is 1. The van der Waals surface area contributed by atoms with Crippen LogP contribution in [0.25, 0.3) is 6.08 Å². The highest BCUT2D eigenvalue weighted by molar-refractivity contribution is 7.12. The normalized spacial score (nSPS) is 16.5. The number of fused-ring (bicyclic) bond motifs is 1. The van der Waals surface area contributed by atoms with Gasteiger partial charge < -0.3 is 4.74 Å². The number of hydrogen-bond acceptors (Lipinski definition) is 3. The Labute approximate surface area is 110 Å². The van der Waals surface area contributed by atoms with Gasteiger partial charge in [0.05, 0.1) is 5.56 Å². The van der Waals surface area contributed by atoms with E-state index >= 15 is 0 Å². The van der Waals surface area contributed by atoms with Gasteiger partial charge >= 0.3 is 0 Å². The zero-order chi connectivity index (χ0) is 12.5. The summed E-state index contributed by atoms with van der Waals surface area (Å²) in [5, 5.41) is 0. The maximum absolute atomic E-state index is 12.3. The first-order valence-electron chi connectivity index (χ1n) is 5.77. The molecule has 2 heterocycles. The van der Waals surface area contributed by atoms with Gasteiger partial charge in [0.2, 0.25) is 0 Å². The molecule has 3 heteroatoms. The molecule has 0 radical (unpaired) electrons. The maximum atomic E-state index is 12.3. The lowest BCUT2D eigenvalue weighted by Crippen LogP contribution is -2.18. The van der Waals surface area contributed by atoms with Gasteiger partial charge in [-0.2, -0.15) is 0 Å². The van der Waals surface area contributed by atoms with Crippen molar-refractivity contribution in [3.8, 4) is 5.75 Å². The van der Waals surface area contributed by atoms with Crippen LogP contribution in [0.5, 0.6) is 5.75 Å². The Hall–Kier alpha value is -1.87. The molecule has 3 rings (SSSR count). The summed E-state index contributed by atoms with van der Waals surface area (Å²) in [6, 6.07) is 11.5. The van der Waals surface area contributed by atoms with Crippen LogP contribution >= 0.6 is 11.3 Å². The molecule has 18 heavy (non-hydrogen) atoms. The fourth-order valence-corrected chi connectivity index (χ4v) is 2.83. The zero-order valence-electron chi connectivity index (χ0n) is 9.97. The summed E-state index contributed by atoms with van der Waals surface area (Å²) >= 11 is 1.68. The number of para-hydroxylation sites is 1. The van der Waals surface area contributed by atoms with Crippen LogP contribution < -0.4 is 4.74 Å². The highest BCUT2D eigenvalue weighted by Gasteiger charge is 2.22. The van der Waals surface area contributed by atoms with Crippen molar-refractivity contribution < 1.29 is 9.53 Å². The number of carbonyl (C=O) groups is 1. The quantitative estimate of drug-likeness (QED) is 0.727. The van der Waals surface area contributed by atoms with Crippen molar-refractivity contribution in [3.05, 3.63) is 57.3 Å². The molecular formula is C15H12O2S. The maximum Gasteiger partial charge on any atom is 0.196 e. The van der Waals surface area contributed by atoms with Gasteiger partial charge in [0, 0.05) is 15.3 Å². The third-order valence-corrected chi connectivity index (χ3v) is 3.83. The minimum atomic E-state index is 0.0721. The predicted molar refractivity (Wildman–Crippen MR) is 73.3 cm³/mol. The molecule has 0 unspecified atom stereocenters. The van der Waals surface area contributed by atoms with Crippen molar-refractivity contribution in [2.24, 2.45) is 0 Å². The molecule has 0 atom stereocenters. The first kappa shape index (κ1) is 11.2. The standard InChI is InChI=1S/C15H12O2S/c1-10-6-7-12(18-10)8-11-9-17-14-5-3-2-4-13(14)15(11)16/h2-8H,9H2,1H3/b11-8+. The number of ether oxygens (including phenoxy) is 1. The molecule has 1 aliphatic heterocycles. The summed E-state index contributed by atoms with van der Waals surface area (Å²) in [5.41, 5.74) is 1.37. The molecule has 2 nitrogen and oxygen atoms in total. The average Bonchev–Trinajstić information content (AvgIpc) is 2.79. The summed E-state index contributed by atoms with van der Waals surface area (Å²) in [6.45, 7) is 2.41. The lowest BCUT2D eigenvalue weighted by molar-refractivity contribution is 0.100. The van der Waals surface area contributed by atoms with Crippen LogP contribution in [-0.2, 0) is 0 Å². The fourth-order valence-electron chi connectivity index (χ4n) is 1.98. The molecule has 90 valence electrons. The molecule has 0 bridgehead atoms. The van der Waals surface area contributed by atoms with E-state index < -0.39 is 0 Å². The molecule has 0 amide bonds. The van der Waals surface area contributed by atoms with Gasteiger partial charge in [0.1, 0.15) is 12.4 Å². The second-order valence-electron chi connectivity index (χ2n) is 4.23. The molecular weight excluding hydrogens is 244 g/mol. The van der Waals surface area contributed by atoms with Gasteiger partial charge in [-0.05, 0) is 37.3 Å². The first-order valence-corrected chi connectivity index (χ1v) is 6.59. The van der Waals surface area contributed by atoms with E-state index in [0.717, 1.165) is 10.5 Å². The van der Waals surface area contributed by atoms with E-state index in [4.69, 9.17) is 4.74 Å². The van der Waals surface area contributed by atoms with Crippen LogP contribution in [0.3, 0.4) is 0 Å². The van der Waals surface area contributed by atoms with E-state index in [2.05, 4.69) is 13.0 Å². The topological polar surface area (TPSA) is 26.3 Å². The fraction of sp³-hybridized carbons (Fsp3) is 0.133. The Morgan fingerprint density at radius 2 is 2.06 bits per heavy atom. The van der Waals surface area contributed by atoms with Gasteiger partial charge in [-0.25, -0.2) is 0 Å². The molecule has 1 aliphatic rings. The van der Waals surface area contributed by atoms with E-state index in [1.165, 1.54) is 4.88 Å². The van der Waals surface area contributed by atoms with Gasteiger partial charge in [-0.1, -0.05) is 12.1 Å². The number of hydrogen-bond donors (Lipinski definition) is 0. The Morgan fingerprint density at radius 1 is 1.22 bits per heavy atom. The van der Waals surface area contributed by atoms with Crippen molar-refractivity contribution in [2.75, 3.05) is 6.61 Å². The van der Waals surface area contributed by atoms with Gasteiger partial charge in [0.15, 0.2) is 5.78 Å². The lowest BCUT2D eigenvalue weighted by Gasteiger charge is -2.18. The first-order chi connectivity index (χ1) is 8.74. The average molecular weight is 256 g/mol. The molecule has 0 aliphatic carbocycles. The molecule has 0 spiro atoms. The van der Waals surface area contributed by atoms with Crippen LogP contribution in [-0.4, -0.2) is 12.4 Å². The smallest absolute Gasteiger partial charge is 0.196 e. The predicted octanol–water partition coefficient (Wildman–Crippen LogP) is 3.72. The lowest BCUT2D eigenvalue weighted by atomic mass is 10.00. The van der Waals surface area contributed by atoms with E-state index in [-0.39, 0.29) is 5.78 Å². The van der Waals surface area contributed by atoms with E-state index in [9.17, 15) is 4.79 Å². The number of thiophene rings is 1. The highest BCUT2D eigenvalue weighted by atomic mass is 32.1. The zero-order valence-corrected chi connectivity index (χ0v) is 10.8. The van der Waals surface area contributed by atoms with Gasteiger partial charge in [0.25, 0.3) is 0 Å². The van der Waals surface area contributed by atoms with E-state index in [1.54, 1.807) is 11.3 Å². The highest BCUT2D eigenvalue weighted by Crippen LogP contribution is 2.28. The Balaban J connectivity index is 1.98. The monoisotopic (exact) mass is 256 g/mol. The Morgan fingerprint density at radius 3 is 2.83 bits per heavy atom. The van der Waals surface area contributed by atoms with Crippen LogP contribution in [0.4, 0.5) is 0 Å². The molecule has 0 saturated heterocycles. The second kappa shape index (κ2) is 4.42. The van der Waals surface area contributed by atoms with Crippen LogP contribution in [0.2, 0.25) is 0 Å².